The molecule has 1 amide bonds. The highest BCUT2D eigenvalue weighted by molar-refractivity contribution is 6.31. The van der Waals surface area contributed by atoms with Crippen LogP contribution in [0.3, 0.4) is 0 Å². The number of esters is 1. The molecule has 3 rings (SSSR count). The number of anilines is 2. The minimum Gasteiger partial charge on any atom is -0.462 e. The average Bonchev–Trinajstić information content (AvgIpc) is 3.00. The van der Waals surface area contributed by atoms with Crippen molar-refractivity contribution in [2.24, 2.45) is 0 Å². The van der Waals surface area contributed by atoms with Crippen LogP contribution in [0.25, 0.3) is 5.57 Å². The molecule has 0 fully saturated rings. The molecule has 0 saturated carbocycles. The average molecular weight is 393 g/mol. The predicted molar refractivity (Wildman–Crippen MR) is 116 cm³/mol. The Labute approximate surface area is 171 Å². The highest BCUT2D eigenvalue weighted by Crippen LogP contribution is 2.32. The van der Waals surface area contributed by atoms with Crippen LogP contribution in [0.1, 0.15) is 34.8 Å². The smallest absolute Gasteiger partial charge is 0.338 e. The first-order valence-corrected chi connectivity index (χ1v) is 9.78. The Morgan fingerprint density at radius 1 is 1.17 bits per heavy atom. The largest absolute Gasteiger partial charge is 0.462 e. The van der Waals surface area contributed by atoms with Crippen molar-refractivity contribution in [3.63, 3.8) is 0 Å². The molecule has 0 spiro atoms. The summed E-state index contributed by atoms with van der Waals surface area (Å²) < 4.78 is 5.01. The van der Waals surface area contributed by atoms with Crippen LogP contribution in [-0.2, 0) is 16.1 Å². The van der Waals surface area contributed by atoms with E-state index in [0.717, 1.165) is 24.3 Å². The van der Waals surface area contributed by atoms with E-state index >= 15 is 0 Å². The summed E-state index contributed by atoms with van der Waals surface area (Å²) in [7, 11) is 4.10. The van der Waals surface area contributed by atoms with E-state index < -0.39 is 0 Å². The van der Waals surface area contributed by atoms with E-state index in [0.29, 0.717) is 29.9 Å². The fourth-order valence-electron chi connectivity index (χ4n) is 3.26. The van der Waals surface area contributed by atoms with Crippen LogP contribution in [0.4, 0.5) is 11.4 Å². The number of carbonyl (C=O) groups is 2. The molecule has 152 valence electrons. The van der Waals surface area contributed by atoms with Crippen LogP contribution in [0.5, 0.6) is 0 Å². The summed E-state index contributed by atoms with van der Waals surface area (Å²) in [5.41, 5.74) is 4.86. The molecule has 0 atom stereocenters. The normalized spacial score (nSPS) is 14.1. The van der Waals surface area contributed by atoms with Gasteiger partial charge in [0.05, 0.1) is 12.2 Å². The van der Waals surface area contributed by atoms with E-state index in [1.807, 2.05) is 6.08 Å². The van der Waals surface area contributed by atoms with Gasteiger partial charge >= 0.3 is 5.97 Å². The minimum absolute atomic E-state index is 0.144. The number of hydrogen-bond donors (Lipinski definition) is 2. The highest BCUT2D eigenvalue weighted by atomic mass is 16.5. The van der Waals surface area contributed by atoms with Crippen molar-refractivity contribution >= 4 is 28.8 Å². The van der Waals surface area contributed by atoms with E-state index in [9.17, 15) is 9.59 Å². The molecular formula is C23H27N3O3. The van der Waals surface area contributed by atoms with Crippen molar-refractivity contribution < 1.29 is 14.3 Å². The molecule has 1 aliphatic heterocycles. The fraction of sp³-hybridized carbons (Fsp3) is 0.304. The van der Waals surface area contributed by atoms with Gasteiger partial charge in [-0.05, 0) is 57.3 Å². The summed E-state index contributed by atoms with van der Waals surface area (Å²) in [6.45, 7) is 3.72. The fourth-order valence-corrected chi connectivity index (χ4v) is 3.26. The molecule has 0 bridgehead atoms. The van der Waals surface area contributed by atoms with E-state index in [1.165, 1.54) is 5.56 Å². The van der Waals surface area contributed by atoms with Gasteiger partial charge in [-0.1, -0.05) is 24.3 Å². The highest BCUT2D eigenvalue weighted by Gasteiger charge is 2.24. The van der Waals surface area contributed by atoms with Crippen LogP contribution in [0.2, 0.25) is 0 Å². The molecule has 6 heteroatoms. The van der Waals surface area contributed by atoms with Crippen molar-refractivity contribution in [2.45, 2.75) is 19.9 Å². The van der Waals surface area contributed by atoms with Crippen LogP contribution >= 0.6 is 0 Å². The van der Waals surface area contributed by atoms with Crippen LogP contribution in [0, 0.1) is 0 Å². The Bertz CT molecular complexity index is 917. The molecule has 2 aromatic rings. The van der Waals surface area contributed by atoms with Crippen molar-refractivity contribution in [3.05, 3.63) is 65.2 Å². The summed E-state index contributed by atoms with van der Waals surface area (Å²) in [6.07, 6.45) is 2.64. The van der Waals surface area contributed by atoms with E-state index in [2.05, 4.69) is 53.9 Å². The summed E-state index contributed by atoms with van der Waals surface area (Å²) >= 11 is 0. The zero-order valence-corrected chi connectivity index (χ0v) is 17.1. The number of hydrogen-bond acceptors (Lipinski definition) is 5. The molecule has 1 heterocycles. The Morgan fingerprint density at radius 3 is 2.62 bits per heavy atom. The Hall–Kier alpha value is -3.12. The molecule has 0 unspecified atom stereocenters. The molecule has 0 aliphatic carbocycles. The maximum atomic E-state index is 12.3. The Balaban J connectivity index is 1.59. The second-order valence-corrected chi connectivity index (χ2v) is 7.20. The van der Waals surface area contributed by atoms with Gasteiger partial charge in [-0.3, -0.25) is 4.79 Å². The molecular weight excluding hydrogens is 366 g/mol. The quantitative estimate of drug-likeness (QED) is 0.406. The van der Waals surface area contributed by atoms with Gasteiger partial charge < -0.3 is 20.3 Å². The molecule has 0 saturated heterocycles. The number of rotatable bonds is 8. The first-order valence-electron chi connectivity index (χ1n) is 9.78. The van der Waals surface area contributed by atoms with Crippen molar-refractivity contribution in [1.82, 2.24) is 4.90 Å². The number of nitrogens with one attached hydrogen (secondary N) is 2. The van der Waals surface area contributed by atoms with Gasteiger partial charge in [0, 0.05) is 35.6 Å². The minimum atomic E-state index is -0.386. The summed E-state index contributed by atoms with van der Waals surface area (Å²) in [5.74, 6) is -0.531. The standard InChI is InChI=1S/C23H27N3O3/c1-4-29-23(28)17-9-12-19-20(22(27)25-21(19)14-17)6-5-13-24-18-10-7-16(8-11-18)15-26(2)3/h6-12,14,24H,4-5,13,15H2,1-3H3,(H,25,27)/b20-6-. The third-order valence-corrected chi connectivity index (χ3v) is 4.59. The number of carbonyl (C=O) groups excluding carboxylic acids is 2. The monoisotopic (exact) mass is 393 g/mol. The van der Waals surface area contributed by atoms with Gasteiger partial charge in [0.1, 0.15) is 0 Å². The van der Waals surface area contributed by atoms with Crippen LogP contribution in [0.15, 0.2) is 48.5 Å². The van der Waals surface area contributed by atoms with Gasteiger partial charge in [-0.2, -0.15) is 0 Å². The van der Waals surface area contributed by atoms with Crippen LogP contribution < -0.4 is 10.6 Å². The molecule has 2 aromatic carbocycles. The molecule has 1 aliphatic rings. The zero-order valence-electron chi connectivity index (χ0n) is 17.1. The first kappa shape index (κ1) is 20.6. The summed E-state index contributed by atoms with van der Waals surface area (Å²) in [6, 6.07) is 13.5. The van der Waals surface area contributed by atoms with E-state index in [1.54, 1.807) is 25.1 Å². The number of fused-ring (bicyclic) bond motifs is 1. The number of amides is 1. The van der Waals surface area contributed by atoms with E-state index in [4.69, 9.17) is 4.74 Å². The van der Waals surface area contributed by atoms with Crippen molar-refractivity contribution in [1.29, 1.82) is 0 Å². The van der Waals surface area contributed by atoms with Gasteiger partial charge in [-0.25, -0.2) is 4.79 Å². The van der Waals surface area contributed by atoms with Gasteiger partial charge in [0.15, 0.2) is 0 Å². The van der Waals surface area contributed by atoms with Crippen LogP contribution in [-0.4, -0.2) is 44.0 Å². The third-order valence-electron chi connectivity index (χ3n) is 4.59. The SMILES string of the molecule is CCOC(=O)c1ccc2c(c1)NC(=O)/C2=C\CCNc1ccc(CN(C)C)cc1. The molecule has 2 N–H and O–H groups in total. The van der Waals surface area contributed by atoms with Crippen molar-refractivity contribution in [3.8, 4) is 0 Å². The maximum Gasteiger partial charge on any atom is 0.338 e. The summed E-state index contributed by atoms with van der Waals surface area (Å²) in [4.78, 5) is 26.3. The zero-order chi connectivity index (χ0) is 20.8. The Morgan fingerprint density at radius 2 is 1.93 bits per heavy atom. The van der Waals surface area contributed by atoms with E-state index in [-0.39, 0.29) is 11.9 Å². The first-order chi connectivity index (χ1) is 14.0. The lowest BCUT2D eigenvalue weighted by Gasteiger charge is -2.10. The lowest BCUT2D eigenvalue weighted by Crippen LogP contribution is -2.10. The molecule has 0 aromatic heterocycles. The molecule has 29 heavy (non-hydrogen) atoms. The Kier molecular flexibility index (Phi) is 6.67. The van der Waals surface area contributed by atoms with Gasteiger partial charge in [0.2, 0.25) is 0 Å². The second kappa shape index (κ2) is 9.39. The predicted octanol–water partition coefficient (Wildman–Crippen LogP) is 3.76. The number of ether oxygens (including phenoxy) is 1. The lowest BCUT2D eigenvalue weighted by molar-refractivity contribution is -0.110. The molecule has 6 nitrogen and oxygen atoms in total. The topological polar surface area (TPSA) is 70.7 Å². The maximum absolute atomic E-state index is 12.3. The number of benzene rings is 2. The lowest BCUT2D eigenvalue weighted by atomic mass is 10.0. The molecule has 0 radical (unpaired) electrons. The number of nitrogens with zero attached hydrogens (tertiary/aromatic N) is 1. The second-order valence-electron chi connectivity index (χ2n) is 7.20. The summed E-state index contributed by atoms with van der Waals surface area (Å²) in [5, 5.41) is 6.20. The van der Waals surface area contributed by atoms with Gasteiger partial charge in [0.25, 0.3) is 5.91 Å². The van der Waals surface area contributed by atoms with Crippen molar-refractivity contribution in [2.75, 3.05) is 37.9 Å². The van der Waals surface area contributed by atoms with Gasteiger partial charge in [-0.15, -0.1) is 0 Å². The third kappa shape index (κ3) is 5.23.